The normalized spacial score (nSPS) is 15.9. The Morgan fingerprint density at radius 1 is 1.22 bits per heavy atom. The van der Waals surface area contributed by atoms with E-state index < -0.39 is 12.0 Å². The average Bonchev–Trinajstić information content (AvgIpc) is 3.08. The monoisotopic (exact) mass is 468 g/mol. The summed E-state index contributed by atoms with van der Waals surface area (Å²) in [5, 5.41) is 0.457. The number of carbonyl (C=O) groups is 1. The lowest BCUT2D eigenvalue weighted by Gasteiger charge is -2.25. The van der Waals surface area contributed by atoms with Crippen LogP contribution >= 0.6 is 22.9 Å². The van der Waals surface area contributed by atoms with E-state index in [-0.39, 0.29) is 12.2 Å². The molecule has 0 saturated carbocycles. The van der Waals surface area contributed by atoms with Gasteiger partial charge in [-0.2, -0.15) is 0 Å². The fraction of sp³-hybridized carbons (Fsp3) is 0.208. The molecule has 0 bridgehead atoms. The third-order valence-corrected chi connectivity index (χ3v) is 6.46. The quantitative estimate of drug-likeness (QED) is 0.538. The molecule has 0 N–H and O–H groups in total. The lowest BCUT2D eigenvalue weighted by molar-refractivity contribution is -0.139. The summed E-state index contributed by atoms with van der Waals surface area (Å²) in [6.07, 6.45) is 1.80. The molecule has 0 aliphatic carbocycles. The van der Waals surface area contributed by atoms with Gasteiger partial charge in [-0.25, -0.2) is 9.79 Å². The highest BCUT2D eigenvalue weighted by molar-refractivity contribution is 7.07. The largest absolute Gasteiger partial charge is 0.497 e. The van der Waals surface area contributed by atoms with E-state index in [1.54, 1.807) is 39.2 Å². The zero-order valence-electron chi connectivity index (χ0n) is 17.8. The van der Waals surface area contributed by atoms with Crippen molar-refractivity contribution < 1.29 is 14.3 Å². The highest BCUT2D eigenvalue weighted by Gasteiger charge is 2.34. The fourth-order valence-electron chi connectivity index (χ4n) is 3.63. The van der Waals surface area contributed by atoms with Gasteiger partial charge in [-0.05, 0) is 49.2 Å². The Labute approximate surface area is 193 Å². The molecule has 6 nitrogen and oxygen atoms in total. The molecular weight excluding hydrogens is 448 g/mol. The molecule has 1 aliphatic rings. The van der Waals surface area contributed by atoms with E-state index in [0.29, 0.717) is 31.2 Å². The van der Waals surface area contributed by atoms with E-state index in [1.165, 1.54) is 15.9 Å². The minimum Gasteiger partial charge on any atom is -0.497 e. The molecule has 2 heterocycles. The van der Waals surface area contributed by atoms with Gasteiger partial charge in [-0.3, -0.25) is 9.36 Å². The molecule has 164 valence electrons. The Morgan fingerprint density at radius 3 is 2.59 bits per heavy atom. The number of ether oxygens (including phenoxy) is 2. The lowest BCUT2D eigenvalue weighted by Crippen LogP contribution is -2.40. The summed E-state index contributed by atoms with van der Waals surface area (Å²) in [5.41, 5.74) is 2.06. The maximum atomic E-state index is 13.5. The van der Waals surface area contributed by atoms with E-state index >= 15 is 0 Å². The number of carbonyl (C=O) groups excluding carboxylic acids is 1. The van der Waals surface area contributed by atoms with Gasteiger partial charge in [0.25, 0.3) is 5.56 Å². The number of hydrogen-bond acceptors (Lipinski definition) is 6. The standard InChI is InChI=1S/C24H21ClN2O4S/c1-4-31-23(29)20-14(2)26-24-27(21(20)17-7-5-6-8-18(17)25)22(28)19(32-24)13-15-9-11-16(30-3)12-10-15/h5-13,21H,4H2,1-3H3/b19-13-/t21-/m1/s1. The summed E-state index contributed by atoms with van der Waals surface area (Å²) in [4.78, 5) is 31.4. The third kappa shape index (κ3) is 4.01. The van der Waals surface area contributed by atoms with Gasteiger partial charge in [-0.1, -0.05) is 53.3 Å². The van der Waals surface area contributed by atoms with Crippen LogP contribution in [0.5, 0.6) is 5.75 Å². The summed E-state index contributed by atoms with van der Waals surface area (Å²) in [7, 11) is 1.60. The summed E-state index contributed by atoms with van der Waals surface area (Å²) in [6.45, 7) is 3.70. The molecule has 4 rings (SSSR count). The summed E-state index contributed by atoms with van der Waals surface area (Å²) < 4.78 is 12.5. The molecule has 0 fully saturated rings. The maximum Gasteiger partial charge on any atom is 0.338 e. The Hall–Kier alpha value is -3.16. The second-order valence-electron chi connectivity index (χ2n) is 7.10. The van der Waals surface area contributed by atoms with E-state index in [0.717, 1.165) is 11.3 Å². The van der Waals surface area contributed by atoms with Crippen LogP contribution in [0.25, 0.3) is 6.08 Å². The molecule has 0 unspecified atom stereocenters. The topological polar surface area (TPSA) is 69.9 Å². The van der Waals surface area contributed by atoms with Gasteiger partial charge in [0.15, 0.2) is 4.80 Å². The Bertz CT molecular complexity index is 1390. The van der Waals surface area contributed by atoms with Gasteiger partial charge in [-0.15, -0.1) is 0 Å². The van der Waals surface area contributed by atoms with Crippen LogP contribution < -0.4 is 19.6 Å². The highest BCUT2D eigenvalue weighted by atomic mass is 35.5. The van der Waals surface area contributed by atoms with Gasteiger partial charge >= 0.3 is 5.97 Å². The molecule has 0 radical (unpaired) electrons. The molecule has 32 heavy (non-hydrogen) atoms. The number of aromatic nitrogens is 1. The first-order valence-corrected chi connectivity index (χ1v) is 11.2. The van der Waals surface area contributed by atoms with Crippen molar-refractivity contribution in [2.45, 2.75) is 19.9 Å². The zero-order valence-corrected chi connectivity index (χ0v) is 19.4. The number of benzene rings is 2. The first kappa shape index (κ1) is 22.0. The van der Waals surface area contributed by atoms with Gasteiger partial charge in [0.05, 0.1) is 29.5 Å². The lowest BCUT2D eigenvalue weighted by atomic mass is 9.96. The molecule has 8 heteroatoms. The van der Waals surface area contributed by atoms with Crippen LogP contribution in [0.2, 0.25) is 5.02 Å². The van der Waals surface area contributed by atoms with Crippen molar-refractivity contribution in [1.29, 1.82) is 0 Å². The van der Waals surface area contributed by atoms with Crippen LogP contribution in [-0.4, -0.2) is 24.3 Å². The Balaban J connectivity index is 1.94. The second kappa shape index (κ2) is 9.14. The predicted octanol–water partition coefficient (Wildman–Crippen LogP) is 3.46. The number of rotatable bonds is 5. The number of fused-ring (bicyclic) bond motifs is 1. The van der Waals surface area contributed by atoms with Crippen molar-refractivity contribution in [3.05, 3.63) is 95.6 Å². The molecule has 0 amide bonds. The highest BCUT2D eigenvalue weighted by Crippen LogP contribution is 2.34. The summed E-state index contributed by atoms with van der Waals surface area (Å²) in [5.74, 6) is 0.222. The number of halogens is 1. The van der Waals surface area contributed by atoms with Crippen LogP contribution in [0.1, 0.15) is 31.0 Å². The molecule has 3 aromatic rings. The van der Waals surface area contributed by atoms with E-state index in [9.17, 15) is 9.59 Å². The number of esters is 1. The molecular formula is C24H21ClN2O4S. The molecule has 1 aromatic heterocycles. The Morgan fingerprint density at radius 2 is 1.94 bits per heavy atom. The summed E-state index contributed by atoms with van der Waals surface area (Å²) >= 11 is 7.77. The number of hydrogen-bond donors (Lipinski definition) is 0. The van der Waals surface area contributed by atoms with Gasteiger partial charge in [0.2, 0.25) is 0 Å². The number of nitrogens with zero attached hydrogens (tertiary/aromatic N) is 2. The van der Waals surface area contributed by atoms with Crippen molar-refractivity contribution >= 4 is 35.0 Å². The molecule has 2 aromatic carbocycles. The number of allylic oxidation sites excluding steroid dienone is 1. The minimum absolute atomic E-state index is 0.215. The van der Waals surface area contributed by atoms with E-state index in [2.05, 4.69) is 4.99 Å². The smallest absolute Gasteiger partial charge is 0.338 e. The van der Waals surface area contributed by atoms with Crippen molar-refractivity contribution in [1.82, 2.24) is 4.57 Å². The van der Waals surface area contributed by atoms with Gasteiger partial charge in [0.1, 0.15) is 11.8 Å². The SMILES string of the molecule is CCOC(=O)C1=C(C)N=c2s/c(=C\c3ccc(OC)cc3)c(=O)n2[C@@H]1c1ccccc1Cl. The van der Waals surface area contributed by atoms with Crippen molar-refractivity contribution in [2.75, 3.05) is 13.7 Å². The predicted molar refractivity (Wildman–Crippen MR) is 125 cm³/mol. The maximum absolute atomic E-state index is 13.5. The zero-order chi connectivity index (χ0) is 22.8. The first-order chi connectivity index (χ1) is 15.4. The van der Waals surface area contributed by atoms with Crippen LogP contribution in [-0.2, 0) is 9.53 Å². The van der Waals surface area contributed by atoms with Crippen molar-refractivity contribution in [2.24, 2.45) is 4.99 Å². The number of methoxy groups -OCH3 is 1. The van der Waals surface area contributed by atoms with E-state index in [4.69, 9.17) is 21.1 Å². The second-order valence-corrected chi connectivity index (χ2v) is 8.51. The summed E-state index contributed by atoms with van der Waals surface area (Å²) in [6, 6.07) is 13.9. The first-order valence-electron chi connectivity index (χ1n) is 10.0. The Kier molecular flexibility index (Phi) is 6.30. The van der Waals surface area contributed by atoms with E-state index in [1.807, 2.05) is 36.4 Å². The van der Waals surface area contributed by atoms with Crippen LogP contribution in [0, 0.1) is 0 Å². The molecule has 1 aliphatic heterocycles. The van der Waals surface area contributed by atoms with Gasteiger partial charge < -0.3 is 9.47 Å². The number of thiazole rings is 1. The average molecular weight is 469 g/mol. The van der Waals surface area contributed by atoms with Crippen LogP contribution in [0.3, 0.4) is 0 Å². The van der Waals surface area contributed by atoms with Crippen LogP contribution in [0.4, 0.5) is 0 Å². The molecule has 0 saturated heterocycles. The van der Waals surface area contributed by atoms with Gasteiger partial charge in [0, 0.05) is 5.02 Å². The van der Waals surface area contributed by atoms with Crippen molar-refractivity contribution in [3.8, 4) is 5.75 Å². The third-order valence-electron chi connectivity index (χ3n) is 5.13. The minimum atomic E-state index is -0.725. The van der Waals surface area contributed by atoms with Crippen molar-refractivity contribution in [3.63, 3.8) is 0 Å². The molecule has 0 spiro atoms. The fourth-order valence-corrected chi connectivity index (χ4v) is 4.92. The van der Waals surface area contributed by atoms with Crippen LogP contribution in [0.15, 0.2) is 69.6 Å². The molecule has 1 atom stereocenters.